The summed E-state index contributed by atoms with van der Waals surface area (Å²) in [6.07, 6.45) is 2.05. The van der Waals surface area contributed by atoms with E-state index in [1.165, 1.54) is 10.4 Å². The van der Waals surface area contributed by atoms with E-state index < -0.39 is 0 Å². The minimum Gasteiger partial charge on any atom is -0.491 e. The van der Waals surface area contributed by atoms with Crippen LogP contribution in [0.5, 0.6) is 5.75 Å². The maximum absolute atomic E-state index is 5.93. The van der Waals surface area contributed by atoms with Gasteiger partial charge in [0, 0.05) is 23.2 Å². The van der Waals surface area contributed by atoms with Crippen molar-refractivity contribution >= 4 is 41.3 Å². The van der Waals surface area contributed by atoms with Gasteiger partial charge in [-0.25, -0.2) is 9.98 Å². The number of aromatic nitrogens is 1. The van der Waals surface area contributed by atoms with Crippen LogP contribution in [0.25, 0.3) is 0 Å². The van der Waals surface area contributed by atoms with E-state index in [0.717, 1.165) is 35.4 Å². The van der Waals surface area contributed by atoms with Crippen LogP contribution in [-0.2, 0) is 13.1 Å². The van der Waals surface area contributed by atoms with Crippen molar-refractivity contribution in [3.05, 3.63) is 45.4 Å². The fourth-order valence-corrected chi connectivity index (χ4v) is 3.05. The number of halogens is 1. The summed E-state index contributed by atoms with van der Waals surface area (Å²) in [5.41, 5.74) is 2.28. The molecule has 0 spiro atoms. The number of rotatable bonds is 7. The van der Waals surface area contributed by atoms with Crippen LogP contribution >= 0.6 is 35.3 Å². The van der Waals surface area contributed by atoms with Gasteiger partial charge < -0.3 is 15.4 Å². The predicted octanol–water partition coefficient (Wildman–Crippen LogP) is 4.42. The Morgan fingerprint density at radius 2 is 2.04 bits per heavy atom. The van der Waals surface area contributed by atoms with Crippen molar-refractivity contribution in [2.45, 2.75) is 53.8 Å². The van der Waals surface area contributed by atoms with Gasteiger partial charge in [0.2, 0.25) is 0 Å². The highest BCUT2D eigenvalue weighted by molar-refractivity contribution is 14.0. The highest BCUT2D eigenvalue weighted by atomic mass is 127. The maximum atomic E-state index is 5.93. The zero-order valence-corrected chi connectivity index (χ0v) is 19.3. The van der Waals surface area contributed by atoms with Crippen LogP contribution < -0.4 is 15.4 Å². The van der Waals surface area contributed by atoms with E-state index in [-0.39, 0.29) is 30.1 Å². The highest BCUT2D eigenvalue weighted by Gasteiger charge is 2.07. The Morgan fingerprint density at radius 3 is 2.65 bits per heavy atom. The van der Waals surface area contributed by atoms with Crippen LogP contribution in [0.3, 0.4) is 0 Å². The third-order valence-electron chi connectivity index (χ3n) is 3.44. The molecule has 0 saturated carbocycles. The smallest absolute Gasteiger partial charge is 0.191 e. The lowest BCUT2D eigenvalue weighted by Crippen LogP contribution is -2.36. The summed E-state index contributed by atoms with van der Waals surface area (Å²) in [6.45, 7) is 12.3. The van der Waals surface area contributed by atoms with Gasteiger partial charge in [0.25, 0.3) is 0 Å². The number of hydrogen-bond donors (Lipinski definition) is 2. The van der Waals surface area contributed by atoms with Gasteiger partial charge in [-0.15, -0.1) is 35.3 Å². The van der Waals surface area contributed by atoms with Gasteiger partial charge in [-0.2, -0.15) is 0 Å². The van der Waals surface area contributed by atoms with E-state index in [2.05, 4.69) is 47.7 Å². The van der Waals surface area contributed by atoms with E-state index >= 15 is 0 Å². The van der Waals surface area contributed by atoms with Crippen LogP contribution in [-0.4, -0.2) is 23.6 Å². The topological polar surface area (TPSA) is 58.5 Å². The second kappa shape index (κ2) is 11.4. The zero-order chi connectivity index (χ0) is 18.2. The van der Waals surface area contributed by atoms with Crippen molar-refractivity contribution in [2.75, 3.05) is 6.54 Å². The zero-order valence-electron chi connectivity index (χ0n) is 16.1. The lowest BCUT2D eigenvalue weighted by atomic mass is 10.1. The van der Waals surface area contributed by atoms with E-state index in [4.69, 9.17) is 9.73 Å². The third kappa shape index (κ3) is 7.49. The Hall–Kier alpha value is -1.35. The van der Waals surface area contributed by atoms with E-state index in [9.17, 15) is 0 Å². The maximum Gasteiger partial charge on any atom is 0.191 e. The van der Waals surface area contributed by atoms with Gasteiger partial charge in [0.15, 0.2) is 5.96 Å². The Labute approximate surface area is 177 Å². The molecule has 0 radical (unpaired) electrons. The number of aliphatic imine (C=N–C) groups is 1. The van der Waals surface area contributed by atoms with Crippen molar-refractivity contribution in [1.82, 2.24) is 15.6 Å². The highest BCUT2D eigenvalue weighted by Crippen LogP contribution is 2.22. The fraction of sp³-hybridized carbons (Fsp3) is 0.474. The molecule has 2 aromatic rings. The van der Waals surface area contributed by atoms with Crippen LogP contribution in [0.2, 0.25) is 0 Å². The number of benzene rings is 1. The molecule has 1 aromatic heterocycles. The molecular weight excluding hydrogens is 459 g/mol. The summed E-state index contributed by atoms with van der Waals surface area (Å²) in [7, 11) is 0. The molecule has 2 rings (SSSR count). The number of ether oxygens (including phenoxy) is 1. The van der Waals surface area contributed by atoms with Gasteiger partial charge >= 0.3 is 0 Å². The van der Waals surface area contributed by atoms with Crippen molar-refractivity contribution in [3.63, 3.8) is 0 Å². The van der Waals surface area contributed by atoms with Gasteiger partial charge in [-0.3, -0.25) is 0 Å². The first kappa shape index (κ1) is 22.7. The largest absolute Gasteiger partial charge is 0.491 e. The van der Waals surface area contributed by atoms with Crippen LogP contribution in [0.15, 0.2) is 29.4 Å². The number of hydrogen-bond acceptors (Lipinski definition) is 4. The Morgan fingerprint density at radius 1 is 1.27 bits per heavy atom. The molecule has 26 heavy (non-hydrogen) atoms. The molecule has 0 atom stereocenters. The second-order valence-electron chi connectivity index (χ2n) is 6.17. The first-order chi connectivity index (χ1) is 12.0. The number of thiazole rings is 1. The van der Waals surface area contributed by atoms with E-state index in [0.29, 0.717) is 6.54 Å². The van der Waals surface area contributed by atoms with Crippen LogP contribution in [0.4, 0.5) is 0 Å². The molecule has 0 saturated heterocycles. The monoisotopic (exact) mass is 488 g/mol. The summed E-state index contributed by atoms with van der Waals surface area (Å²) in [6, 6.07) is 6.26. The molecule has 7 heteroatoms. The molecule has 2 N–H and O–H groups in total. The molecular formula is C19H29IN4OS. The SMILES string of the molecule is CCNC(=NCc1ccc(C)cc1OC(C)C)NCc1cnc(C)s1.I. The predicted molar refractivity (Wildman–Crippen MR) is 121 cm³/mol. The van der Waals surface area contributed by atoms with Crippen LogP contribution in [0, 0.1) is 13.8 Å². The van der Waals surface area contributed by atoms with Crippen molar-refractivity contribution in [2.24, 2.45) is 4.99 Å². The normalized spacial score (nSPS) is 11.2. The average Bonchev–Trinajstić information content (AvgIpc) is 2.96. The lowest BCUT2D eigenvalue weighted by Gasteiger charge is -2.15. The summed E-state index contributed by atoms with van der Waals surface area (Å²) < 4.78 is 5.93. The van der Waals surface area contributed by atoms with Gasteiger partial charge in [-0.1, -0.05) is 12.1 Å². The quantitative estimate of drug-likeness (QED) is 0.344. The molecule has 0 fully saturated rings. The second-order valence-corrected chi connectivity index (χ2v) is 7.49. The number of guanidine groups is 1. The number of nitrogens with one attached hydrogen (secondary N) is 2. The van der Waals surface area contributed by atoms with Gasteiger partial charge in [0.05, 0.1) is 24.2 Å². The Bertz CT molecular complexity index is 715. The van der Waals surface area contributed by atoms with E-state index in [1.54, 1.807) is 11.3 Å². The molecule has 144 valence electrons. The van der Waals surface area contributed by atoms with Crippen LogP contribution in [0.1, 0.15) is 41.8 Å². The Kier molecular flexibility index (Phi) is 9.93. The lowest BCUT2D eigenvalue weighted by molar-refractivity contribution is 0.240. The molecule has 1 heterocycles. The summed E-state index contributed by atoms with van der Waals surface area (Å²) in [5.74, 6) is 1.71. The molecule has 0 unspecified atom stereocenters. The molecule has 0 amide bonds. The van der Waals surface area contributed by atoms with Crippen molar-refractivity contribution in [3.8, 4) is 5.75 Å². The molecule has 5 nitrogen and oxygen atoms in total. The summed E-state index contributed by atoms with van der Waals surface area (Å²) >= 11 is 1.70. The van der Waals surface area contributed by atoms with Crippen molar-refractivity contribution < 1.29 is 4.74 Å². The summed E-state index contributed by atoms with van der Waals surface area (Å²) in [5, 5.41) is 7.72. The molecule has 0 bridgehead atoms. The minimum absolute atomic E-state index is 0. The van der Waals surface area contributed by atoms with Crippen molar-refractivity contribution in [1.29, 1.82) is 0 Å². The average molecular weight is 488 g/mol. The number of aryl methyl sites for hydroxylation is 2. The first-order valence-corrected chi connectivity index (χ1v) is 9.49. The van der Waals surface area contributed by atoms with E-state index in [1.807, 2.05) is 27.0 Å². The fourth-order valence-electron chi connectivity index (χ4n) is 2.32. The molecule has 0 aliphatic carbocycles. The molecule has 1 aromatic carbocycles. The summed E-state index contributed by atoms with van der Waals surface area (Å²) in [4.78, 5) is 10.2. The third-order valence-corrected chi connectivity index (χ3v) is 4.35. The molecule has 0 aliphatic rings. The van der Waals surface area contributed by atoms with Gasteiger partial charge in [-0.05, 0) is 46.2 Å². The molecule has 0 aliphatic heterocycles. The van der Waals surface area contributed by atoms with Gasteiger partial charge in [0.1, 0.15) is 5.75 Å². The minimum atomic E-state index is 0. The standard InChI is InChI=1S/C19H28N4OS.HI/c1-6-20-19(23-12-17-11-21-15(5)25-17)22-10-16-8-7-14(4)9-18(16)24-13(2)3;/h7-9,11,13H,6,10,12H2,1-5H3,(H2,20,22,23);1H. The number of nitrogens with zero attached hydrogens (tertiary/aromatic N) is 2. The Balaban J connectivity index is 0.00000338. The first-order valence-electron chi connectivity index (χ1n) is 8.67.